The third-order valence-corrected chi connectivity index (χ3v) is 5.04. The fraction of sp³-hybridized carbons (Fsp3) is 0.312. The predicted octanol–water partition coefficient (Wildman–Crippen LogP) is 9.24. The number of allylic oxidation sites excluding steroid dienone is 1. The smallest absolute Gasteiger partial charge is 0.339 e. The Morgan fingerprint density at radius 2 is 1.54 bits per heavy atom. The highest BCUT2D eigenvalue weighted by atomic mass is 19.1. The monoisotopic (exact) mass is 539 g/mol. The number of carboxylic acid groups (broad SMARTS) is 1. The molecular weight excluding hydrogens is 497 g/mol. The summed E-state index contributed by atoms with van der Waals surface area (Å²) in [6.45, 7) is 20.0. The molecule has 0 aromatic heterocycles. The first kappa shape index (κ1) is 34.9. The summed E-state index contributed by atoms with van der Waals surface area (Å²) in [7, 11) is 0. The van der Waals surface area contributed by atoms with Gasteiger partial charge < -0.3 is 20.3 Å². The lowest BCUT2D eigenvalue weighted by Crippen LogP contribution is -2.12. The SMILES string of the molecule is C=C(C)C(C)C.CC.CCC.Cc1c(O)cccc1Oc1ccc(NC(=O)c2ccc(F)cc2)cc1C(=O)O. The molecule has 0 saturated carbocycles. The first-order valence-electron chi connectivity index (χ1n) is 13.0. The molecule has 212 valence electrons. The molecule has 3 rings (SSSR count). The normalized spacial score (nSPS) is 9.49. The van der Waals surface area contributed by atoms with Gasteiger partial charge >= 0.3 is 5.97 Å². The van der Waals surface area contributed by atoms with E-state index in [-0.39, 0.29) is 28.3 Å². The number of benzene rings is 3. The zero-order valence-corrected chi connectivity index (χ0v) is 24.3. The summed E-state index contributed by atoms with van der Waals surface area (Å²) in [5, 5.41) is 21.8. The Kier molecular flexibility index (Phi) is 16.3. The lowest BCUT2D eigenvalue weighted by Gasteiger charge is -2.13. The van der Waals surface area contributed by atoms with Crippen molar-refractivity contribution in [2.24, 2.45) is 5.92 Å². The molecule has 1 amide bonds. The second kappa shape index (κ2) is 18.2. The van der Waals surface area contributed by atoms with E-state index in [0.29, 0.717) is 17.2 Å². The Bertz CT molecular complexity index is 1200. The van der Waals surface area contributed by atoms with Crippen LogP contribution in [0.1, 0.15) is 81.2 Å². The second-order valence-corrected chi connectivity index (χ2v) is 8.69. The number of amides is 1. The van der Waals surface area contributed by atoms with E-state index in [4.69, 9.17) is 4.74 Å². The molecule has 3 aromatic carbocycles. The van der Waals surface area contributed by atoms with Gasteiger partial charge in [0.2, 0.25) is 0 Å². The number of nitrogens with one attached hydrogen (secondary N) is 1. The van der Waals surface area contributed by atoms with Crippen molar-refractivity contribution >= 4 is 17.6 Å². The van der Waals surface area contributed by atoms with Gasteiger partial charge in [-0.25, -0.2) is 9.18 Å². The number of rotatable bonds is 6. The predicted molar refractivity (Wildman–Crippen MR) is 158 cm³/mol. The molecule has 0 bridgehead atoms. The molecular formula is C32H42FNO5. The van der Waals surface area contributed by atoms with Crippen LogP contribution >= 0.6 is 0 Å². The highest BCUT2D eigenvalue weighted by Gasteiger charge is 2.16. The fourth-order valence-electron chi connectivity index (χ4n) is 2.50. The van der Waals surface area contributed by atoms with Crippen molar-refractivity contribution < 1.29 is 28.9 Å². The first-order valence-corrected chi connectivity index (χ1v) is 13.0. The molecule has 0 aliphatic rings. The molecule has 0 aliphatic heterocycles. The minimum Gasteiger partial charge on any atom is -0.508 e. The van der Waals surface area contributed by atoms with E-state index < -0.39 is 17.7 Å². The molecule has 0 radical (unpaired) electrons. The number of phenols is 1. The topological polar surface area (TPSA) is 95.9 Å². The van der Waals surface area contributed by atoms with Crippen molar-refractivity contribution in [1.29, 1.82) is 0 Å². The van der Waals surface area contributed by atoms with Crippen molar-refractivity contribution in [2.45, 2.75) is 61.8 Å². The number of carbonyl (C=O) groups is 2. The number of aromatic hydroxyl groups is 1. The van der Waals surface area contributed by atoms with Crippen LogP contribution in [0, 0.1) is 18.7 Å². The maximum Gasteiger partial charge on any atom is 0.339 e. The Morgan fingerprint density at radius 1 is 1.00 bits per heavy atom. The maximum absolute atomic E-state index is 13.0. The zero-order valence-electron chi connectivity index (χ0n) is 24.3. The molecule has 6 nitrogen and oxygen atoms in total. The number of carbonyl (C=O) groups excluding carboxylic acids is 1. The van der Waals surface area contributed by atoms with Crippen LogP contribution < -0.4 is 10.1 Å². The number of phenolic OH excluding ortho intramolecular Hbond substituents is 1. The average Bonchev–Trinajstić information content (AvgIpc) is 2.89. The van der Waals surface area contributed by atoms with Gasteiger partial charge in [-0.3, -0.25) is 4.79 Å². The van der Waals surface area contributed by atoms with Crippen LogP contribution in [-0.2, 0) is 0 Å². The van der Waals surface area contributed by atoms with Crippen LogP contribution in [0.25, 0.3) is 0 Å². The molecule has 0 atom stereocenters. The quantitative estimate of drug-likeness (QED) is 0.271. The highest BCUT2D eigenvalue weighted by Crippen LogP contribution is 2.33. The summed E-state index contributed by atoms with van der Waals surface area (Å²) in [5.41, 5.74) is 2.03. The van der Waals surface area contributed by atoms with Crippen LogP contribution in [0.2, 0.25) is 0 Å². The third kappa shape index (κ3) is 12.3. The summed E-state index contributed by atoms with van der Waals surface area (Å²) in [5.74, 6) is -1.16. The highest BCUT2D eigenvalue weighted by molar-refractivity contribution is 6.05. The van der Waals surface area contributed by atoms with Gasteiger partial charge in [0.25, 0.3) is 5.91 Å². The molecule has 0 unspecified atom stereocenters. The van der Waals surface area contributed by atoms with E-state index in [1.165, 1.54) is 48.4 Å². The van der Waals surface area contributed by atoms with E-state index in [2.05, 4.69) is 39.6 Å². The van der Waals surface area contributed by atoms with E-state index in [9.17, 15) is 24.2 Å². The average molecular weight is 540 g/mol. The molecule has 0 heterocycles. The number of aromatic carboxylic acids is 1. The van der Waals surface area contributed by atoms with Crippen molar-refractivity contribution in [3.63, 3.8) is 0 Å². The van der Waals surface area contributed by atoms with Crippen molar-refractivity contribution in [2.75, 3.05) is 5.32 Å². The minimum atomic E-state index is -1.24. The molecule has 3 N–H and O–H groups in total. The van der Waals surface area contributed by atoms with E-state index in [1.807, 2.05) is 20.8 Å². The molecule has 3 aromatic rings. The second-order valence-electron chi connectivity index (χ2n) is 8.69. The molecule has 0 spiro atoms. The number of hydrogen-bond donors (Lipinski definition) is 3. The maximum atomic E-state index is 13.0. The van der Waals surface area contributed by atoms with Crippen LogP contribution in [0.15, 0.2) is 72.8 Å². The lowest BCUT2D eigenvalue weighted by molar-refractivity contribution is 0.0693. The van der Waals surface area contributed by atoms with Crippen LogP contribution in [0.4, 0.5) is 10.1 Å². The molecule has 0 fully saturated rings. The Morgan fingerprint density at radius 3 is 2.03 bits per heavy atom. The van der Waals surface area contributed by atoms with Crippen molar-refractivity contribution in [1.82, 2.24) is 0 Å². The van der Waals surface area contributed by atoms with Gasteiger partial charge in [0.15, 0.2) is 0 Å². The standard InChI is InChI=1S/C21H16FNO5.C6H12.C3H8.C2H6/c1-12-17(24)3-2-4-18(12)28-19-10-9-15(11-16(19)21(26)27)23-20(25)13-5-7-14(22)8-6-13;1-5(2)6(3)4;1-3-2;1-2/h2-11,24H,1H3,(H,23,25)(H,26,27);6H,1H2,2-4H3;3H2,1-2H3;1-2H3. The van der Waals surface area contributed by atoms with Gasteiger partial charge in [0, 0.05) is 16.8 Å². The van der Waals surface area contributed by atoms with Crippen molar-refractivity contribution in [3.05, 3.63) is 95.3 Å². The van der Waals surface area contributed by atoms with Gasteiger partial charge in [-0.15, -0.1) is 0 Å². The Hall–Kier alpha value is -4.13. The largest absolute Gasteiger partial charge is 0.508 e. The van der Waals surface area contributed by atoms with Crippen LogP contribution in [0.5, 0.6) is 17.2 Å². The number of halogens is 1. The third-order valence-electron chi connectivity index (χ3n) is 5.04. The number of ether oxygens (including phenoxy) is 1. The number of anilines is 1. The number of hydrogen-bond acceptors (Lipinski definition) is 4. The van der Waals surface area contributed by atoms with Crippen LogP contribution in [-0.4, -0.2) is 22.1 Å². The Balaban J connectivity index is 0.00000113. The van der Waals surface area contributed by atoms with Crippen molar-refractivity contribution in [3.8, 4) is 17.2 Å². The summed E-state index contributed by atoms with van der Waals surface area (Å²) >= 11 is 0. The summed E-state index contributed by atoms with van der Waals surface area (Å²) in [6, 6.07) is 13.8. The molecule has 7 heteroatoms. The minimum absolute atomic E-state index is 0.0255. The van der Waals surface area contributed by atoms with Gasteiger partial charge in [0.05, 0.1) is 0 Å². The summed E-state index contributed by atoms with van der Waals surface area (Å²) < 4.78 is 18.6. The van der Waals surface area contributed by atoms with Gasteiger partial charge in [-0.1, -0.05) is 66.2 Å². The zero-order chi connectivity index (χ0) is 30.1. The van der Waals surface area contributed by atoms with Crippen LogP contribution in [0.3, 0.4) is 0 Å². The van der Waals surface area contributed by atoms with E-state index in [0.717, 1.165) is 12.1 Å². The van der Waals surface area contributed by atoms with Gasteiger partial charge in [0.1, 0.15) is 28.6 Å². The molecule has 39 heavy (non-hydrogen) atoms. The lowest BCUT2D eigenvalue weighted by atomic mass is 10.1. The van der Waals surface area contributed by atoms with E-state index >= 15 is 0 Å². The van der Waals surface area contributed by atoms with Gasteiger partial charge in [-0.05, 0) is 74.4 Å². The molecule has 0 aliphatic carbocycles. The van der Waals surface area contributed by atoms with E-state index in [1.54, 1.807) is 19.1 Å². The Labute approximate surface area is 232 Å². The fourth-order valence-corrected chi connectivity index (χ4v) is 2.50. The van der Waals surface area contributed by atoms with Gasteiger partial charge in [-0.2, -0.15) is 0 Å². The number of carboxylic acids is 1. The summed E-state index contributed by atoms with van der Waals surface area (Å²) in [6.07, 6.45) is 1.25. The molecule has 0 saturated heterocycles. The summed E-state index contributed by atoms with van der Waals surface area (Å²) in [4.78, 5) is 23.9. The first-order chi connectivity index (χ1) is 18.4.